The average Bonchev–Trinajstić information content (AvgIpc) is 2.67. The number of benzene rings is 2. The summed E-state index contributed by atoms with van der Waals surface area (Å²) in [4.78, 5) is 31.3. The van der Waals surface area contributed by atoms with Gasteiger partial charge in [-0.25, -0.2) is 4.98 Å². The van der Waals surface area contributed by atoms with E-state index >= 15 is 0 Å². The van der Waals surface area contributed by atoms with Crippen LogP contribution in [-0.4, -0.2) is 23.0 Å². The lowest BCUT2D eigenvalue weighted by atomic mass is 10.2. The number of carbonyl (C=O) groups excluding carboxylic acids is 1. The topological polar surface area (TPSA) is 84.1 Å². The summed E-state index contributed by atoms with van der Waals surface area (Å²) in [6, 6.07) is 18.3. The van der Waals surface area contributed by atoms with E-state index in [0.29, 0.717) is 28.0 Å². The Bertz CT molecular complexity index is 973. The van der Waals surface area contributed by atoms with Crippen molar-refractivity contribution < 1.29 is 9.53 Å². The number of anilines is 1. The predicted octanol–water partition coefficient (Wildman–Crippen LogP) is 3.25. The van der Waals surface area contributed by atoms with Gasteiger partial charge in [-0.05, 0) is 17.7 Å². The molecule has 1 amide bonds. The second kappa shape index (κ2) is 9.05. The fourth-order valence-electron chi connectivity index (χ4n) is 2.44. The zero-order valence-corrected chi connectivity index (χ0v) is 15.6. The van der Waals surface area contributed by atoms with Crippen molar-refractivity contribution in [2.24, 2.45) is 0 Å². The third-order valence-corrected chi connectivity index (χ3v) is 4.63. The molecule has 0 radical (unpaired) electrons. The van der Waals surface area contributed by atoms with Gasteiger partial charge in [-0.15, -0.1) is 0 Å². The number of hydrogen-bond donors (Lipinski definition) is 2. The summed E-state index contributed by atoms with van der Waals surface area (Å²) in [7, 11) is 1.57. The van der Waals surface area contributed by atoms with Crippen LogP contribution in [-0.2, 0) is 17.0 Å². The Morgan fingerprint density at radius 3 is 2.74 bits per heavy atom. The second-order valence-electron chi connectivity index (χ2n) is 5.77. The van der Waals surface area contributed by atoms with Crippen LogP contribution in [0.25, 0.3) is 0 Å². The Hall–Kier alpha value is -3.06. The largest absolute Gasteiger partial charge is 0.497 e. The minimum absolute atomic E-state index is 0.0139. The van der Waals surface area contributed by atoms with Gasteiger partial charge in [-0.2, -0.15) is 0 Å². The highest BCUT2D eigenvalue weighted by molar-refractivity contribution is 7.98. The Kier molecular flexibility index (Phi) is 6.27. The Morgan fingerprint density at radius 1 is 1.15 bits per heavy atom. The van der Waals surface area contributed by atoms with Crippen LogP contribution in [0.3, 0.4) is 0 Å². The van der Waals surface area contributed by atoms with Crippen LogP contribution in [0.1, 0.15) is 11.3 Å². The van der Waals surface area contributed by atoms with Crippen LogP contribution < -0.4 is 15.6 Å². The monoisotopic (exact) mass is 381 g/mol. The van der Waals surface area contributed by atoms with Gasteiger partial charge < -0.3 is 15.0 Å². The van der Waals surface area contributed by atoms with E-state index in [-0.39, 0.29) is 17.9 Å². The summed E-state index contributed by atoms with van der Waals surface area (Å²) in [5.41, 5.74) is 1.91. The molecule has 6 nitrogen and oxygen atoms in total. The second-order valence-corrected chi connectivity index (χ2v) is 6.74. The van der Waals surface area contributed by atoms with Crippen molar-refractivity contribution in [3.05, 3.63) is 82.3 Å². The first-order valence-corrected chi connectivity index (χ1v) is 9.32. The number of hydrogen-bond acceptors (Lipinski definition) is 5. The van der Waals surface area contributed by atoms with Crippen LogP contribution in [0.5, 0.6) is 5.75 Å². The van der Waals surface area contributed by atoms with Gasteiger partial charge in [0.1, 0.15) is 5.75 Å². The quantitative estimate of drug-likeness (QED) is 0.485. The first kappa shape index (κ1) is 18.7. The van der Waals surface area contributed by atoms with E-state index in [0.717, 1.165) is 5.56 Å². The van der Waals surface area contributed by atoms with Crippen molar-refractivity contribution in [2.45, 2.75) is 17.3 Å². The highest BCUT2D eigenvalue weighted by Crippen LogP contribution is 2.19. The van der Waals surface area contributed by atoms with Crippen LogP contribution in [0.2, 0.25) is 0 Å². The van der Waals surface area contributed by atoms with Gasteiger partial charge >= 0.3 is 0 Å². The molecule has 0 spiro atoms. The van der Waals surface area contributed by atoms with Gasteiger partial charge in [-0.1, -0.05) is 48.2 Å². The minimum Gasteiger partial charge on any atom is -0.497 e. The highest BCUT2D eigenvalue weighted by atomic mass is 32.2. The van der Waals surface area contributed by atoms with Crippen molar-refractivity contribution in [3.63, 3.8) is 0 Å². The molecular formula is C20H19N3O3S. The number of H-pyrrole nitrogens is 1. The molecule has 27 heavy (non-hydrogen) atoms. The molecule has 0 aliphatic heterocycles. The van der Waals surface area contributed by atoms with Gasteiger partial charge in [0, 0.05) is 23.6 Å². The summed E-state index contributed by atoms with van der Waals surface area (Å²) in [6.07, 6.45) is 0.0139. The van der Waals surface area contributed by atoms with Crippen LogP contribution >= 0.6 is 11.8 Å². The van der Waals surface area contributed by atoms with Gasteiger partial charge in [-0.3, -0.25) is 9.59 Å². The maximum absolute atomic E-state index is 12.3. The summed E-state index contributed by atoms with van der Waals surface area (Å²) in [5, 5.41) is 3.28. The summed E-state index contributed by atoms with van der Waals surface area (Å²) < 4.78 is 5.14. The van der Waals surface area contributed by atoms with Crippen molar-refractivity contribution >= 4 is 23.4 Å². The number of methoxy groups -OCH3 is 1. The number of thioether (sulfide) groups is 1. The van der Waals surface area contributed by atoms with E-state index in [1.165, 1.54) is 17.8 Å². The van der Waals surface area contributed by atoms with E-state index in [9.17, 15) is 9.59 Å². The van der Waals surface area contributed by atoms with E-state index in [1.807, 2.05) is 30.3 Å². The zero-order chi connectivity index (χ0) is 19.1. The number of nitrogens with zero attached hydrogens (tertiary/aromatic N) is 1. The van der Waals surface area contributed by atoms with Gasteiger partial charge in [0.25, 0.3) is 5.56 Å². The molecule has 0 aliphatic rings. The Balaban J connectivity index is 1.64. The maximum Gasteiger partial charge on any atom is 0.251 e. The highest BCUT2D eigenvalue weighted by Gasteiger charge is 2.09. The fraction of sp³-hybridized carbons (Fsp3) is 0.150. The first-order chi connectivity index (χ1) is 13.1. The third kappa shape index (κ3) is 5.72. The Labute approximate surface area is 161 Å². The molecule has 0 saturated carbocycles. The smallest absolute Gasteiger partial charge is 0.251 e. The molecule has 2 N–H and O–H groups in total. The average molecular weight is 381 g/mol. The van der Waals surface area contributed by atoms with E-state index < -0.39 is 0 Å². The number of aromatic nitrogens is 2. The molecule has 0 fully saturated rings. The van der Waals surface area contributed by atoms with Crippen molar-refractivity contribution in [1.29, 1.82) is 0 Å². The lowest BCUT2D eigenvalue weighted by Crippen LogP contribution is -2.18. The van der Waals surface area contributed by atoms with Crippen molar-refractivity contribution in [2.75, 3.05) is 12.4 Å². The molecule has 1 aromatic heterocycles. The predicted molar refractivity (Wildman–Crippen MR) is 106 cm³/mol. The van der Waals surface area contributed by atoms with E-state index in [2.05, 4.69) is 15.3 Å². The summed E-state index contributed by atoms with van der Waals surface area (Å²) in [5.74, 6) is 1.09. The number of ether oxygens (including phenoxy) is 1. The third-order valence-electron chi connectivity index (χ3n) is 3.69. The fourth-order valence-corrected chi connectivity index (χ4v) is 3.29. The van der Waals surface area contributed by atoms with Gasteiger partial charge in [0.2, 0.25) is 5.91 Å². The van der Waals surface area contributed by atoms with E-state index in [1.54, 1.807) is 31.4 Å². The van der Waals surface area contributed by atoms with Crippen molar-refractivity contribution in [3.8, 4) is 5.75 Å². The Morgan fingerprint density at radius 2 is 1.96 bits per heavy atom. The van der Waals surface area contributed by atoms with E-state index in [4.69, 9.17) is 4.74 Å². The van der Waals surface area contributed by atoms with Crippen LogP contribution in [0.4, 0.5) is 5.69 Å². The minimum atomic E-state index is -0.273. The number of carbonyl (C=O) groups is 1. The lowest BCUT2D eigenvalue weighted by molar-refractivity contribution is -0.115. The number of aromatic amines is 1. The lowest BCUT2D eigenvalue weighted by Gasteiger charge is -2.07. The van der Waals surface area contributed by atoms with Crippen molar-refractivity contribution in [1.82, 2.24) is 9.97 Å². The molecule has 7 heteroatoms. The molecule has 3 aromatic rings. The number of rotatable bonds is 7. The standard InChI is InChI=1S/C20H19N3O3S/c1-26-17-9-5-8-15(10-17)21-18(24)11-16-12-19(25)23-20(22-16)27-13-14-6-3-2-4-7-14/h2-10,12H,11,13H2,1H3,(H,21,24)(H,22,23,25). The molecule has 0 bridgehead atoms. The molecule has 0 atom stereocenters. The normalized spacial score (nSPS) is 10.4. The molecule has 1 heterocycles. The number of amides is 1. The molecule has 2 aromatic carbocycles. The molecule has 3 rings (SSSR count). The molecule has 138 valence electrons. The zero-order valence-electron chi connectivity index (χ0n) is 14.8. The molecular weight excluding hydrogens is 362 g/mol. The molecule has 0 saturated heterocycles. The maximum atomic E-state index is 12.3. The van der Waals surface area contributed by atoms with Crippen LogP contribution in [0.15, 0.2) is 70.6 Å². The summed E-state index contributed by atoms with van der Waals surface area (Å²) >= 11 is 1.42. The number of nitrogens with one attached hydrogen (secondary N) is 2. The van der Waals surface area contributed by atoms with Crippen LogP contribution in [0, 0.1) is 0 Å². The van der Waals surface area contributed by atoms with Gasteiger partial charge in [0.15, 0.2) is 5.16 Å². The summed E-state index contributed by atoms with van der Waals surface area (Å²) in [6.45, 7) is 0. The molecule has 0 unspecified atom stereocenters. The molecule has 0 aliphatic carbocycles. The first-order valence-electron chi connectivity index (χ1n) is 8.33. The van der Waals surface area contributed by atoms with Gasteiger partial charge in [0.05, 0.1) is 19.2 Å². The SMILES string of the molecule is COc1cccc(NC(=O)Cc2cc(=O)[nH]c(SCc3ccccc3)n2)c1.